The van der Waals surface area contributed by atoms with Crippen LogP contribution >= 0.6 is 0 Å². The van der Waals surface area contributed by atoms with Gasteiger partial charge >= 0.3 is 0 Å². The molecule has 2 aromatic heterocycles. The fourth-order valence-electron chi connectivity index (χ4n) is 2.28. The van der Waals surface area contributed by atoms with Gasteiger partial charge in [-0.1, -0.05) is 0 Å². The Balaban J connectivity index is 2.20. The van der Waals surface area contributed by atoms with Crippen molar-refractivity contribution in [1.82, 2.24) is 9.38 Å². The molecule has 3 N–H and O–H groups in total. The molecule has 2 heterocycles. The summed E-state index contributed by atoms with van der Waals surface area (Å²) in [6, 6.07) is 7.34. The van der Waals surface area contributed by atoms with Gasteiger partial charge < -0.3 is 15.2 Å². The molecular weight excluding hydrogens is 226 g/mol. The zero-order chi connectivity index (χ0) is 12.5. The predicted molar refractivity (Wildman–Crippen MR) is 71.7 cm³/mol. The lowest BCUT2D eigenvalue weighted by Crippen LogP contribution is -2.02. The fraction of sp³-hybridized carbons (Fsp3) is 0.214. The molecular formula is C14H15N3O. The van der Waals surface area contributed by atoms with Gasteiger partial charge in [0.25, 0.3) is 0 Å². The second kappa shape index (κ2) is 4.31. The standard InChI is InChI=1S/C14H15N3O/c15-6-1-2-11-9-16-14-13-4-3-12(18)8-10(13)5-7-17(11)14/h3-5,7-9,18H,1-2,6,15H2. The van der Waals surface area contributed by atoms with Crippen molar-refractivity contribution in [2.45, 2.75) is 12.8 Å². The predicted octanol–water partition coefficient (Wildman–Crippen LogP) is 2.08. The second-order valence-electron chi connectivity index (χ2n) is 4.42. The smallest absolute Gasteiger partial charge is 0.144 e. The molecule has 3 aromatic rings. The van der Waals surface area contributed by atoms with E-state index in [0.29, 0.717) is 6.54 Å². The van der Waals surface area contributed by atoms with Crippen LogP contribution in [0.25, 0.3) is 16.4 Å². The van der Waals surface area contributed by atoms with Gasteiger partial charge in [-0.15, -0.1) is 0 Å². The number of nitrogens with two attached hydrogens (primary N) is 1. The highest BCUT2D eigenvalue weighted by Gasteiger charge is 2.06. The zero-order valence-electron chi connectivity index (χ0n) is 10.0. The van der Waals surface area contributed by atoms with Gasteiger partial charge in [0, 0.05) is 23.5 Å². The van der Waals surface area contributed by atoms with Crippen LogP contribution in [0.2, 0.25) is 0 Å². The van der Waals surface area contributed by atoms with Gasteiger partial charge in [0.15, 0.2) is 0 Å². The number of benzene rings is 1. The Bertz CT molecular complexity index is 703. The molecule has 0 fully saturated rings. The Morgan fingerprint density at radius 2 is 2.17 bits per heavy atom. The zero-order valence-corrected chi connectivity index (χ0v) is 10.0. The first-order chi connectivity index (χ1) is 8.79. The fourth-order valence-corrected chi connectivity index (χ4v) is 2.28. The van der Waals surface area contributed by atoms with Crippen LogP contribution in [-0.4, -0.2) is 21.0 Å². The minimum Gasteiger partial charge on any atom is -0.508 e. The first-order valence-electron chi connectivity index (χ1n) is 6.07. The molecule has 92 valence electrons. The Morgan fingerprint density at radius 1 is 1.28 bits per heavy atom. The molecule has 0 atom stereocenters. The Labute approximate surface area is 105 Å². The Kier molecular flexibility index (Phi) is 2.64. The molecule has 0 aliphatic heterocycles. The van der Waals surface area contributed by atoms with Crippen LogP contribution in [0.15, 0.2) is 36.7 Å². The van der Waals surface area contributed by atoms with Gasteiger partial charge in [-0.25, -0.2) is 4.98 Å². The lowest BCUT2D eigenvalue weighted by molar-refractivity contribution is 0.476. The van der Waals surface area contributed by atoms with Crippen molar-refractivity contribution in [3.05, 3.63) is 42.4 Å². The molecule has 0 aliphatic carbocycles. The van der Waals surface area contributed by atoms with Crippen LogP contribution in [0.1, 0.15) is 12.1 Å². The number of phenolic OH excluding ortho intramolecular Hbond substituents is 1. The van der Waals surface area contributed by atoms with Crippen LogP contribution in [0.3, 0.4) is 0 Å². The number of fused-ring (bicyclic) bond motifs is 3. The molecule has 0 spiro atoms. The van der Waals surface area contributed by atoms with E-state index in [1.807, 2.05) is 24.5 Å². The number of phenols is 1. The summed E-state index contributed by atoms with van der Waals surface area (Å²) in [7, 11) is 0. The van der Waals surface area contributed by atoms with Crippen LogP contribution in [0.5, 0.6) is 5.75 Å². The molecule has 0 radical (unpaired) electrons. The minimum absolute atomic E-state index is 0.279. The number of nitrogens with zero attached hydrogens (tertiary/aromatic N) is 2. The molecule has 0 bridgehead atoms. The van der Waals surface area contributed by atoms with E-state index in [1.165, 1.54) is 5.69 Å². The number of imidazole rings is 1. The monoisotopic (exact) mass is 241 g/mol. The maximum atomic E-state index is 9.48. The lowest BCUT2D eigenvalue weighted by Gasteiger charge is -2.04. The van der Waals surface area contributed by atoms with Crippen molar-refractivity contribution in [1.29, 1.82) is 0 Å². The van der Waals surface area contributed by atoms with Crippen LogP contribution in [-0.2, 0) is 6.42 Å². The summed E-state index contributed by atoms with van der Waals surface area (Å²) in [5.74, 6) is 0.279. The molecule has 4 heteroatoms. The maximum absolute atomic E-state index is 9.48. The van der Waals surface area contributed by atoms with Crippen LogP contribution < -0.4 is 5.73 Å². The molecule has 3 rings (SSSR count). The first kappa shape index (κ1) is 11.0. The van der Waals surface area contributed by atoms with E-state index in [2.05, 4.69) is 9.38 Å². The highest BCUT2D eigenvalue weighted by molar-refractivity contribution is 5.94. The molecule has 18 heavy (non-hydrogen) atoms. The Hall–Kier alpha value is -2.07. The molecule has 4 nitrogen and oxygen atoms in total. The molecule has 0 amide bonds. The van der Waals surface area contributed by atoms with Gasteiger partial charge in [-0.2, -0.15) is 0 Å². The highest BCUT2D eigenvalue weighted by atomic mass is 16.3. The third kappa shape index (κ3) is 1.71. The summed E-state index contributed by atoms with van der Waals surface area (Å²) >= 11 is 0. The van der Waals surface area contributed by atoms with Gasteiger partial charge in [-0.3, -0.25) is 0 Å². The summed E-state index contributed by atoms with van der Waals surface area (Å²) in [5, 5.41) is 11.5. The molecule has 0 aliphatic rings. The van der Waals surface area contributed by atoms with E-state index in [-0.39, 0.29) is 5.75 Å². The third-order valence-corrected chi connectivity index (χ3v) is 3.19. The quantitative estimate of drug-likeness (QED) is 0.738. The minimum atomic E-state index is 0.279. The maximum Gasteiger partial charge on any atom is 0.144 e. The van der Waals surface area contributed by atoms with Gasteiger partial charge in [0.2, 0.25) is 0 Å². The van der Waals surface area contributed by atoms with E-state index in [9.17, 15) is 5.11 Å². The molecule has 0 unspecified atom stereocenters. The van der Waals surface area contributed by atoms with Crippen molar-refractivity contribution in [3.63, 3.8) is 0 Å². The molecule has 1 aromatic carbocycles. The first-order valence-corrected chi connectivity index (χ1v) is 6.07. The lowest BCUT2D eigenvalue weighted by atomic mass is 10.1. The van der Waals surface area contributed by atoms with Gasteiger partial charge in [0.1, 0.15) is 11.4 Å². The summed E-state index contributed by atoms with van der Waals surface area (Å²) in [4.78, 5) is 4.47. The second-order valence-corrected chi connectivity index (χ2v) is 4.42. The summed E-state index contributed by atoms with van der Waals surface area (Å²) in [6.45, 7) is 0.689. The molecule has 0 saturated carbocycles. The van der Waals surface area contributed by atoms with Crippen molar-refractivity contribution >= 4 is 16.4 Å². The number of hydrogen-bond donors (Lipinski definition) is 2. The van der Waals surface area contributed by atoms with Crippen LogP contribution in [0.4, 0.5) is 0 Å². The van der Waals surface area contributed by atoms with E-state index < -0.39 is 0 Å². The summed E-state index contributed by atoms with van der Waals surface area (Å²) in [6.07, 6.45) is 5.79. The average Bonchev–Trinajstić information content (AvgIpc) is 2.79. The largest absolute Gasteiger partial charge is 0.508 e. The van der Waals surface area contributed by atoms with E-state index in [4.69, 9.17) is 5.73 Å². The number of rotatable bonds is 3. The van der Waals surface area contributed by atoms with Crippen molar-refractivity contribution < 1.29 is 5.11 Å². The van der Waals surface area contributed by atoms with Crippen LogP contribution in [0, 0.1) is 0 Å². The van der Waals surface area contributed by atoms with Crippen molar-refractivity contribution in [2.75, 3.05) is 6.54 Å². The number of aromatic nitrogens is 2. The van der Waals surface area contributed by atoms with Gasteiger partial charge in [-0.05, 0) is 49.0 Å². The number of pyridine rings is 1. The van der Waals surface area contributed by atoms with E-state index >= 15 is 0 Å². The van der Waals surface area contributed by atoms with Crippen molar-refractivity contribution in [3.8, 4) is 5.75 Å². The number of hydrogen-bond acceptors (Lipinski definition) is 3. The molecule has 0 saturated heterocycles. The number of aryl methyl sites for hydroxylation is 1. The SMILES string of the molecule is NCCCc1cnc2c3ccc(O)cc3ccn12. The third-order valence-electron chi connectivity index (χ3n) is 3.19. The Morgan fingerprint density at radius 3 is 3.00 bits per heavy atom. The summed E-state index contributed by atoms with van der Waals surface area (Å²) in [5.41, 5.74) is 7.64. The average molecular weight is 241 g/mol. The highest BCUT2D eigenvalue weighted by Crippen LogP contribution is 2.24. The number of aromatic hydroxyl groups is 1. The van der Waals surface area contributed by atoms with Gasteiger partial charge in [0.05, 0.1) is 0 Å². The van der Waals surface area contributed by atoms with E-state index in [1.54, 1.807) is 12.1 Å². The normalized spacial score (nSPS) is 11.4. The van der Waals surface area contributed by atoms with Crippen molar-refractivity contribution in [2.24, 2.45) is 5.73 Å². The topological polar surface area (TPSA) is 63.5 Å². The van der Waals surface area contributed by atoms with E-state index in [0.717, 1.165) is 29.3 Å². The summed E-state index contributed by atoms with van der Waals surface area (Å²) < 4.78 is 2.09.